The molecule has 0 spiro atoms. The first-order valence-corrected chi connectivity index (χ1v) is 9.30. The Morgan fingerprint density at radius 2 is 1.71 bits per heavy atom. The van der Waals surface area contributed by atoms with Gasteiger partial charge >= 0.3 is 0 Å². The van der Waals surface area contributed by atoms with Crippen LogP contribution in [0.4, 0.5) is 5.69 Å². The van der Waals surface area contributed by atoms with Gasteiger partial charge in [-0.25, -0.2) is 0 Å². The Labute approximate surface area is 153 Å². The quantitative estimate of drug-likeness (QED) is 0.746. The molecule has 2 aliphatic heterocycles. The van der Waals surface area contributed by atoms with Crippen LogP contribution >= 0.6 is 23.8 Å². The Morgan fingerprint density at radius 3 is 2.42 bits per heavy atom. The molecule has 2 aliphatic rings. The molecule has 24 heavy (non-hydrogen) atoms. The highest BCUT2D eigenvalue weighted by atomic mass is 35.5. The highest BCUT2D eigenvalue weighted by molar-refractivity contribution is 7.80. The van der Waals surface area contributed by atoms with Gasteiger partial charge in [0.25, 0.3) is 0 Å². The minimum atomic E-state index is 0.357. The first kappa shape index (κ1) is 16.1. The zero-order valence-corrected chi connectivity index (χ0v) is 15.3. The minimum absolute atomic E-state index is 0.357. The van der Waals surface area contributed by atoms with Crippen molar-refractivity contribution in [3.63, 3.8) is 0 Å². The summed E-state index contributed by atoms with van der Waals surface area (Å²) in [6.45, 7) is 2.33. The summed E-state index contributed by atoms with van der Waals surface area (Å²) in [6.07, 6.45) is 2.43. The van der Waals surface area contributed by atoms with Crippen LogP contribution < -0.4 is 5.32 Å². The van der Waals surface area contributed by atoms with Gasteiger partial charge in [0.15, 0.2) is 0 Å². The smallest absolute Gasteiger partial charge is 0.0876 e. The average molecular weight is 357 g/mol. The van der Waals surface area contributed by atoms with E-state index in [2.05, 4.69) is 47.6 Å². The summed E-state index contributed by atoms with van der Waals surface area (Å²) < 4.78 is 0. The Balaban J connectivity index is 1.67. The Morgan fingerprint density at radius 1 is 1.04 bits per heavy atom. The molecule has 1 N–H and O–H groups in total. The van der Waals surface area contributed by atoms with Crippen molar-refractivity contribution in [2.24, 2.45) is 5.92 Å². The van der Waals surface area contributed by atoms with E-state index in [0.717, 1.165) is 23.1 Å². The fraction of sp³-hybridized carbons (Fsp3) is 0.350. The van der Waals surface area contributed by atoms with Crippen molar-refractivity contribution < 1.29 is 0 Å². The van der Waals surface area contributed by atoms with Gasteiger partial charge in [-0.2, -0.15) is 0 Å². The van der Waals surface area contributed by atoms with E-state index in [4.69, 9.17) is 23.8 Å². The highest BCUT2D eigenvalue weighted by Gasteiger charge is 2.35. The Hall–Kier alpha value is -1.42. The molecule has 0 bridgehead atoms. The number of benzene rings is 2. The van der Waals surface area contributed by atoms with Crippen LogP contribution in [0.25, 0.3) is 11.1 Å². The third-order valence-electron chi connectivity index (χ3n) is 5.34. The molecule has 2 aromatic carbocycles. The summed E-state index contributed by atoms with van der Waals surface area (Å²) in [5.74, 6) is 0.999. The second-order valence-electron chi connectivity index (χ2n) is 6.92. The summed E-state index contributed by atoms with van der Waals surface area (Å²) >= 11 is 11.7. The maximum absolute atomic E-state index is 6.02. The maximum Gasteiger partial charge on any atom is 0.0876 e. The van der Waals surface area contributed by atoms with Crippen molar-refractivity contribution in [1.29, 1.82) is 0 Å². The number of nitrogens with one attached hydrogen (secondary N) is 1. The van der Waals surface area contributed by atoms with E-state index >= 15 is 0 Å². The summed E-state index contributed by atoms with van der Waals surface area (Å²) in [5, 5.41) is 4.21. The fourth-order valence-corrected chi connectivity index (χ4v) is 4.49. The number of hydrogen-bond donors (Lipinski definition) is 1. The molecule has 2 nitrogen and oxygen atoms in total. The molecular weight excluding hydrogens is 336 g/mol. The second kappa shape index (κ2) is 6.47. The van der Waals surface area contributed by atoms with Gasteiger partial charge in [0.1, 0.15) is 0 Å². The molecule has 4 rings (SSSR count). The molecule has 124 valence electrons. The number of rotatable bonds is 2. The van der Waals surface area contributed by atoms with Crippen LogP contribution in [-0.2, 0) is 0 Å². The molecule has 1 unspecified atom stereocenters. The van der Waals surface area contributed by atoms with Crippen molar-refractivity contribution in [2.75, 3.05) is 25.5 Å². The van der Waals surface area contributed by atoms with E-state index in [0.29, 0.717) is 11.8 Å². The summed E-state index contributed by atoms with van der Waals surface area (Å²) in [7, 11) is 2.20. The number of fused-ring (bicyclic) bond motifs is 1. The lowest BCUT2D eigenvalue weighted by Gasteiger charge is -2.32. The van der Waals surface area contributed by atoms with Crippen LogP contribution in [0.5, 0.6) is 0 Å². The molecule has 0 radical (unpaired) electrons. The molecule has 0 aliphatic carbocycles. The van der Waals surface area contributed by atoms with Crippen LogP contribution in [0, 0.1) is 5.92 Å². The topological polar surface area (TPSA) is 15.3 Å². The van der Waals surface area contributed by atoms with Crippen LogP contribution in [0.2, 0.25) is 5.02 Å². The van der Waals surface area contributed by atoms with Crippen LogP contribution in [0.3, 0.4) is 0 Å². The minimum Gasteiger partial charge on any atom is -0.349 e. The molecule has 1 fully saturated rings. The fourth-order valence-electron chi connectivity index (χ4n) is 3.94. The van der Waals surface area contributed by atoms with Gasteiger partial charge in [0.2, 0.25) is 0 Å². The Kier molecular flexibility index (Phi) is 4.33. The van der Waals surface area contributed by atoms with E-state index < -0.39 is 0 Å². The molecule has 0 aromatic heterocycles. The van der Waals surface area contributed by atoms with Crippen molar-refractivity contribution in [3.05, 3.63) is 53.1 Å². The van der Waals surface area contributed by atoms with Crippen LogP contribution in [0.15, 0.2) is 42.5 Å². The van der Waals surface area contributed by atoms with Gasteiger partial charge in [-0.3, -0.25) is 0 Å². The zero-order chi connectivity index (χ0) is 16.7. The maximum atomic E-state index is 6.02. The highest BCUT2D eigenvalue weighted by Crippen LogP contribution is 2.43. The predicted octanol–water partition coefficient (Wildman–Crippen LogP) is 5.19. The lowest BCUT2D eigenvalue weighted by atomic mass is 9.80. The third-order valence-corrected chi connectivity index (χ3v) is 5.95. The lowest BCUT2D eigenvalue weighted by molar-refractivity contribution is 0.214. The number of hydrogen-bond acceptors (Lipinski definition) is 2. The van der Waals surface area contributed by atoms with E-state index in [1.54, 1.807) is 0 Å². The van der Waals surface area contributed by atoms with Crippen LogP contribution in [-0.4, -0.2) is 30.0 Å². The lowest BCUT2D eigenvalue weighted by Crippen LogP contribution is -2.34. The summed E-state index contributed by atoms with van der Waals surface area (Å²) in [5.41, 5.74) is 4.97. The molecule has 1 atom stereocenters. The van der Waals surface area contributed by atoms with Crippen molar-refractivity contribution in [1.82, 2.24) is 4.90 Å². The first-order chi connectivity index (χ1) is 11.6. The molecule has 2 heterocycles. The van der Waals surface area contributed by atoms with Gasteiger partial charge in [-0.05, 0) is 79.9 Å². The van der Waals surface area contributed by atoms with Gasteiger partial charge in [0.05, 0.1) is 4.99 Å². The number of nitrogens with zero attached hydrogens (tertiary/aromatic N) is 1. The van der Waals surface area contributed by atoms with Crippen molar-refractivity contribution >= 4 is 34.5 Å². The number of piperidine rings is 1. The van der Waals surface area contributed by atoms with E-state index in [-0.39, 0.29) is 0 Å². The largest absolute Gasteiger partial charge is 0.349 e. The van der Waals surface area contributed by atoms with Gasteiger partial charge in [0, 0.05) is 16.6 Å². The molecule has 4 heteroatoms. The Bertz CT molecular complexity index is 764. The third kappa shape index (κ3) is 2.97. The normalized spacial score (nSPS) is 21.6. The van der Waals surface area contributed by atoms with Gasteiger partial charge in [-0.1, -0.05) is 42.0 Å². The van der Waals surface area contributed by atoms with E-state index in [9.17, 15) is 0 Å². The second-order valence-corrected chi connectivity index (χ2v) is 7.79. The van der Waals surface area contributed by atoms with E-state index in [1.165, 1.54) is 35.2 Å². The number of thiocarbonyl (C=S) groups is 1. The summed E-state index contributed by atoms with van der Waals surface area (Å²) in [4.78, 5) is 3.40. The van der Waals surface area contributed by atoms with Crippen LogP contribution in [0.1, 0.15) is 24.3 Å². The number of likely N-dealkylation sites (tertiary alicyclic amines) is 1. The molecule has 0 saturated carbocycles. The first-order valence-electron chi connectivity index (χ1n) is 8.51. The predicted molar refractivity (Wildman–Crippen MR) is 106 cm³/mol. The number of anilines is 1. The van der Waals surface area contributed by atoms with Gasteiger partial charge in [-0.15, -0.1) is 0 Å². The zero-order valence-electron chi connectivity index (χ0n) is 13.8. The SMILES string of the molecule is CN1CCC(C2C(=S)Nc3ccc(-c4ccc(Cl)cc4)cc32)CC1. The van der Waals surface area contributed by atoms with Crippen molar-refractivity contribution in [2.45, 2.75) is 18.8 Å². The summed E-state index contributed by atoms with van der Waals surface area (Å²) in [6, 6.07) is 14.7. The average Bonchev–Trinajstić information content (AvgIpc) is 2.91. The van der Waals surface area contributed by atoms with Crippen molar-refractivity contribution in [3.8, 4) is 11.1 Å². The molecule has 2 aromatic rings. The molecule has 0 amide bonds. The standard InChI is InChI=1S/C20H21ClN2S/c1-23-10-8-14(9-11-23)19-17-12-15(4-7-18(17)22-20(19)24)13-2-5-16(21)6-3-13/h2-7,12,14,19H,8-11H2,1H3,(H,22,24). The monoisotopic (exact) mass is 356 g/mol. The molecular formula is C20H21ClN2S. The van der Waals surface area contributed by atoms with Gasteiger partial charge < -0.3 is 10.2 Å². The van der Waals surface area contributed by atoms with E-state index in [1.807, 2.05) is 12.1 Å². The number of halogens is 1. The molecule has 1 saturated heterocycles.